The van der Waals surface area contributed by atoms with Crippen LogP contribution in [0.3, 0.4) is 0 Å². The molecule has 3 heteroatoms. The van der Waals surface area contributed by atoms with Crippen LogP contribution in [0.15, 0.2) is 48.6 Å². The molecule has 0 saturated carbocycles. The van der Waals surface area contributed by atoms with Crippen LogP contribution in [0.25, 0.3) is 0 Å². The van der Waals surface area contributed by atoms with Crippen molar-refractivity contribution in [2.24, 2.45) is 0 Å². The summed E-state index contributed by atoms with van der Waals surface area (Å²) < 4.78 is 12.6. The predicted molar refractivity (Wildman–Crippen MR) is 196 cm³/mol. The zero-order chi connectivity index (χ0) is 31.6. The molecule has 1 aliphatic rings. The van der Waals surface area contributed by atoms with E-state index in [0.717, 1.165) is 39.1 Å². The Morgan fingerprint density at radius 3 is 1.11 bits per heavy atom. The second kappa shape index (κ2) is 33.2. The van der Waals surface area contributed by atoms with Gasteiger partial charge in [0.1, 0.15) is 0 Å². The Labute approximate surface area is 276 Å². The maximum absolute atomic E-state index is 6.30. The van der Waals surface area contributed by atoms with Gasteiger partial charge in [-0.15, -0.1) is 0 Å². The average molecular weight is 614 g/mol. The number of allylic oxidation sites excluding steroid dienone is 8. The van der Waals surface area contributed by atoms with Gasteiger partial charge in [-0.1, -0.05) is 140 Å². The molecule has 2 unspecified atom stereocenters. The molecular weight excluding hydrogens is 538 g/mol. The molecule has 1 saturated heterocycles. The highest BCUT2D eigenvalue weighted by Crippen LogP contribution is 2.18. The van der Waals surface area contributed by atoms with Crippen molar-refractivity contribution in [2.75, 3.05) is 33.4 Å². The minimum absolute atomic E-state index is 0.252. The first-order valence-electron chi connectivity index (χ1n) is 19.3. The molecule has 1 rings (SSSR count). The highest BCUT2D eigenvalue weighted by molar-refractivity contribution is 4.93. The van der Waals surface area contributed by atoms with Gasteiger partial charge in [0.2, 0.25) is 0 Å². The lowest BCUT2D eigenvalue weighted by molar-refractivity contribution is -0.0481. The van der Waals surface area contributed by atoms with Crippen LogP contribution in [0.1, 0.15) is 168 Å². The third kappa shape index (κ3) is 27.2. The lowest BCUT2D eigenvalue weighted by Gasteiger charge is -2.20. The van der Waals surface area contributed by atoms with Gasteiger partial charge in [0.05, 0.1) is 12.2 Å². The summed E-state index contributed by atoms with van der Waals surface area (Å²) in [4.78, 5) is 2.37. The first kappa shape index (κ1) is 40.9. The lowest BCUT2D eigenvalue weighted by atomic mass is 10.1. The average Bonchev–Trinajstić information content (AvgIpc) is 3.38. The molecule has 0 amide bonds. The van der Waals surface area contributed by atoms with Crippen molar-refractivity contribution in [2.45, 2.75) is 180 Å². The summed E-state index contributed by atoms with van der Waals surface area (Å²) in [6, 6.07) is 0. The second-order valence-corrected chi connectivity index (χ2v) is 13.2. The van der Waals surface area contributed by atoms with Crippen LogP contribution in [0.4, 0.5) is 0 Å². The number of ether oxygens (including phenoxy) is 2. The highest BCUT2D eigenvalue weighted by Gasteiger charge is 2.32. The molecule has 0 aromatic rings. The summed E-state index contributed by atoms with van der Waals surface area (Å²) in [6.07, 6.45) is 50.2. The van der Waals surface area contributed by atoms with Gasteiger partial charge in [0, 0.05) is 26.3 Å². The zero-order valence-corrected chi connectivity index (χ0v) is 29.8. The minimum Gasteiger partial charge on any atom is -0.374 e. The second-order valence-electron chi connectivity index (χ2n) is 13.2. The van der Waals surface area contributed by atoms with Crippen molar-refractivity contribution in [3.63, 3.8) is 0 Å². The van der Waals surface area contributed by atoms with Crippen LogP contribution >= 0.6 is 0 Å². The number of hydrogen-bond donors (Lipinski definition) is 0. The largest absolute Gasteiger partial charge is 0.374 e. The van der Waals surface area contributed by atoms with Crippen LogP contribution in [0.2, 0.25) is 0 Å². The summed E-state index contributed by atoms with van der Waals surface area (Å²) in [5, 5.41) is 0. The van der Waals surface area contributed by atoms with Crippen molar-refractivity contribution in [1.29, 1.82) is 0 Å². The number of likely N-dealkylation sites (N-methyl/N-ethyl adjacent to an activating group) is 1. The summed E-state index contributed by atoms with van der Waals surface area (Å²) in [5.41, 5.74) is 0. The minimum atomic E-state index is 0.252. The van der Waals surface area contributed by atoms with Gasteiger partial charge in [-0.05, 0) is 84.1 Å². The maximum atomic E-state index is 6.30. The zero-order valence-electron chi connectivity index (χ0n) is 29.8. The van der Waals surface area contributed by atoms with E-state index in [1.807, 2.05) is 0 Å². The number of hydrogen-bond acceptors (Lipinski definition) is 3. The molecule has 0 radical (unpaired) electrons. The van der Waals surface area contributed by atoms with Crippen molar-refractivity contribution >= 4 is 0 Å². The van der Waals surface area contributed by atoms with E-state index >= 15 is 0 Å². The molecule has 0 aromatic carbocycles. The third-order valence-electron chi connectivity index (χ3n) is 8.75. The van der Waals surface area contributed by atoms with Crippen LogP contribution < -0.4 is 0 Å². The molecule has 1 heterocycles. The number of likely N-dealkylation sites (tertiary alicyclic amines) is 1. The summed E-state index contributed by atoms with van der Waals surface area (Å²) in [6.45, 7) is 8.33. The van der Waals surface area contributed by atoms with Crippen LogP contribution in [-0.2, 0) is 9.47 Å². The molecule has 1 fully saturated rings. The Bertz CT molecular complexity index is 639. The van der Waals surface area contributed by atoms with Gasteiger partial charge in [-0.3, -0.25) is 0 Å². The molecular formula is C41H75NO2. The fourth-order valence-electron chi connectivity index (χ4n) is 5.89. The van der Waals surface area contributed by atoms with Gasteiger partial charge in [0.25, 0.3) is 0 Å². The van der Waals surface area contributed by atoms with Crippen LogP contribution in [0, 0.1) is 0 Å². The van der Waals surface area contributed by atoms with Gasteiger partial charge in [-0.2, -0.15) is 0 Å². The van der Waals surface area contributed by atoms with E-state index in [4.69, 9.17) is 9.47 Å². The Morgan fingerprint density at radius 2 is 0.750 bits per heavy atom. The van der Waals surface area contributed by atoms with Gasteiger partial charge in [0.15, 0.2) is 0 Å². The molecule has 1 aliphatic heterocycles. The summed E-state index contributed by atoms with van der Waals surface area (Å²) in [5.74, 6) is 0. The molecule has 0 bridgehead atoms. The Morgan fingerprint density at radius 1 is 0.432 bits per heavy atom. The van der Waals surface area contributed by atoms with Crippen molar-refractivity contribution in [1.82, 2.24) is 4.90 Å². The summed E-state index contributed by atoms with van der Waals surface area (Å²) >= 11 is 0. The van der Waals surface area contributed by atoms with E-state index in [1.165, 1.54) is 141 Å². The SMILES string of the molecule is CCCCC/C=C\C/C=C\CCCCCCCCOC1CN(C)CC1OCCCCCCCC/C=C\C/C=C\CCCCC. The summed E-state index contributed by atoms with van der Waals surface area (Å²) in [7, 11) is 2.20. The molecule has 0 N–H and O–H groups in total. The van der Waals surface area contributed by atoms with Gasteiger partial charge >= 0.3 is 0 Å². The molecule has 256 valence electrons. The topological polar surface area (TPSA) is 21.7 Å². The smallest absolute Gasteiger partial charge is 0.0975 e. The van der Waals surface area contributed by atoms with E-state index in [9.17, 15) is 0 Å². The normalized spacial score (nSPS) is 18.0. The monoisotopic (exact) mass is 614 g/mol. The first-order chi connectivity index (χ1) is 21.8. The van der Waals surface area contributed by atoms with E-state index in [2.05, 4.69) is 74.4 Å². The molecule has 44 heavy (non-hydrogen) atoms. The number of unbranched alkanes of at least 4 members (excludes halogenated alkanes) is 18. The van der Waals surface area contributed by atoms with Crippen LogP contribution in [0.5, 0.6) is 0 Å². The van der Waals surface area contributed by atoms with E-state index in [0.29, 0.717) is 0 Å². The highest BCUT2D eigenvalue weighted by atomic mass is 16.5. The number of nitrogens with zero attached hydrogens (tertiary/aromatic N) is 1. The number of rotatable bonds is 32. The fraction of sp³-hybridized carbons (Fsp3) is 0.805. The lowest BCUT2D eigenvalue weighted by Crippen LogP contribution is -2.30. The maximum Gasteiger partial charge on any atom is 0.0975 e. The Balaban J connectivity index is 1.90. The molecule has 0 aliphatic carbocycles. The van der Waals surface area contributed by atoms with Crippen molar-refractivity contribution in [3.05, 3.63) is 48.6 Å². The van der Waals surface area contributed by atoms with E-state index < -0.39 is 0 Å². The fourth-order valence-corrected chi connectivity index (χ4v) is 5.89. The van der Waals surface area contributed by atoms with Crippen molar-refractivity contribution < 1.29 is 9.47 Å². The Hall–Kier alpha value is -1.16. The first-order valence-corrected chi connectivity index (χ1v) is 19.3. The quantitative estimate of drug-likeness (QED) is 0.0556. The van der Waals surface area contributed by atoms with E-state index in [-0.39, 0.29) is 12.2 Å². The van der Waals surface area contributed by atoms with E-state index in [1.54, 1.807) is 0 Å². The Kier molecular flexibility index (Phi) is 30.8. The predicted octanol–water partition coefficient (Wildman–Crippen LogP) is 12.3. The molecule has 3 nitrogen and oxygen atoms in total. The van der Waals surface area contributed by atoms with Gasteiger partial charge < -0.3 is 14.4 Å². The molecule has 0 spiro atoms. The van der Waals surface area contributed by atoms with Gasteiger partial charge in [-0.25, -0.2) is 0 Å². The molecule has 0 aromatic heterocycles. The van der Waals surface area contributed by atoms with Crippen LogP contribution in [-0.4, -0.2) is 50.5 Å². The van der Waals surface area contributed by atoms with Crippen molar-refractivity contribution in [3.8, 4) is 0 Å². The standard InChI is InChI=1S/C41H75NO2/c1-4-6-8-10-12-14-16-18-20-22-24-26-28-30-32-34-36-43-40-38-42(3)39-41(40)44-37-35-33-31-29-27-25-23-21-19-17-15-13-11-9-7-5-2/h12-15,18-21,40-41H,4-11,16-17,22-39H2,1-3H3/b14-12-,15-13-,20-18-,21-19-. The molecule has 2 atom stereocenters. The third-order valence-corrected chi connectivity index (χ3v) is 8.75.